The van der Waals surface area contributed by atoms with E-state index in [-0.39, 0.29) is 47.7 Å². The van der Waals surface area contributed by atoms with Crippen molar-refractivity contribution in [2.24, 2.45) is 5.41 Å². The molecule has 4 aromatic carbocycles. The number of hydrogen-bond acceptors (Lipinski definition) is 10. The van der Waals surface area contributed by atoms with E-state index in [0.717, 1.165) is 112 Å². The number of aryl methyl sites for hydroxylation is 2. The summed E-state index contributed by atoms with van der Waals surface area (Å²) in [6, 6.07) is 27.7. The molecule has 374 valence electrons. The van der Waals surface area contributed by atoms with Crippen molar-refractivity contribution in [3.63, 3.8) is 0 Å². The average molecular weight is 971 g/mol. The molecule has 1 fully saturated rings. The second-order valence-corrected chi connectivity index (χ2v) is 21.0. The fourth-order valence-corrected chi connectivity index (χ4v) is 10.6. The number of rotatable bonds is 23. The van der Waals surface area contributed by atoms with Crippen LogP contribution in [0, 0.1) is 19.3 Å². The van der Waals surface area contributed by atoms with Crippen LogP contribution >= 0.6 is 11.3 Å². The van der Waals surface area contributed by atoms with Gasteiger partial charge in [-0.15, -0.1) is 11.3 Å². The molecule has 13 heteroatoms. The Bertz CT molecular complexity index is 2640. The van der Waals surface area contributed by atoms with E-state index in [9.17, 15) is 24.9 Å². The van der Waals surface area contributed by atoms with Gasteiger partial charge in [0.15, 0.2) is 0 Å². The number of carbonyl (C=O) groups is 2. The molecule has 2 amide bonds. The fourth-order valence-electron chi connectivity index (χ4n) is 9.80. The molecule has 0 radical (unpaired) electrons. The van der Waals surface area contributed by atoms with E-state index < -0.39 is 18.2 Å². The van der Waals surface area contributed by atoms with Gasteiger partial charge in [-0.3, -0.25) is 9.59 Å². The van der Waals surface area contributed by atoms with Crippen LogP contribution in [0.25, 0.3) is 32.6 Å². The molecular weight excluding hydrogens is 897 g/mol. The first kappa shape index (κ1) is 52.1. The number of thiazole rings is 1. The number of nitrogens with zero attached hydrogens (tertiary/aromatic N) is 4. The molecule has 0 bridgehead atoms. The molecule has 1 aliphatic rings. The van der Waals surface area contributed by atoms with Crippen LogP contribution in [0.5, 0.6) is 17.2 Å². The number of aliphatic hydroxyl groups is 1. The summed E-state index contributed by atoms with van der Waals surface area (Å²) in [6.07, 6.45) is 6.10. The third-order valence-electron chi connectivity index (χ3n) is 13.8. The van der Waals surface area contributed by atoms with Gasteiger partial charge in [0.05, 0.1) is 40.0 Å². The number of phenolic OH excluding ortho intramolecular Hbond substituents is 2. The van der Waals surface area contributed by atoms with E-state index >= 15 is 0 Å². The zero-order valence-electron chi connectivity index (χ0n) is 42.2. The highest BCUT2D eigenvalue weighted by Crippen LogP contribution is 2.37. The van der Waals surface area contributed by atoms with Crippen molar-refractivity contribution in [1.82, 2.24) is 30.0 Å². The van der Waals surface area contributed by atoms with E-state index in [1.54, 1.807) is 34.4 Å². The average Bonchev–Trinajstić information content (AvgIpc) is 4.03. The van der Waals surface area contributed by atoms with Gasteiger partial charge in [0.1, 0.15) is 29.9 Å². The Morgan fingerprint density at radius 2 is 1.54 bits per heavy atom. The number of aromatic nitrogens is 2. The minimum absolute atomic E-state index is 0.136. The summed E-state index contributed by atoms with van der Waals surface area (Å²) < 4.78 is 8.47. The molecule has 1 saturated heterocycles. The number of hydrogen-bond donors (Lipinski definition) is 5. The minimum Gasteiger partial charge on any atom is -0.508 e. The molecule has 0 saturated carbocycles. The Balaban J connectivity index is 0.795. The number of β-amino-alcohol motifs (C(OH)–C–C–N with tert-alkyl or cyclic N) is 1. The predicted octanol–water partition coefficient (Wildman–Crippen LogP) is 10.4. The topological polar surface area (TPSA) is 152 Å². The number of ether oxygens (including phenoxy) is 1. The van der Waals surface area contributed by atoms with E-state index in [0.29, 0.717) is 19.7 Å². The largest absolute Gasteiger partial charge is 0.508 e. The van der Waals surface area contributed by atoms with Gasteiger partial charge < -0.3 is 45.1 Å². The molecular formula is C57H74N6O6S. The zero-order valence-corrected chi connectivity index (χ0v) is 43.0. The van der Waals surface area contributed by atoms with Crippen LogP contribution in [-0.2, 0) is 16.1 Å². The van der Waals surface area contributed by atoms with Gasteiger partial charge in [0.2, 0.25) is 11.8 Å². The summed E-state index contributed by atoms with van der Waals surface area (Å²) in [5, 5.41) is 38.5. The monoisotopic (exact) mass is 971 g/mol. The van der Waals surface area contributed by atoms with Gasteiger partial charge >= 0.3 is 0 Å². The lowest BCUT2D eigenvalue weighted by atomic mass is 9.85. The molecule has 1 aliphatic heterocycles. The van der Waals surface area contributed by atoms with Crippen LogP contribution in [0.2, 0.25) is 0 Å². The van der Waals surface area contributed by atoms with E-state index in [1.165, 1.54) is 6.42 Å². The van der Waals surface area contributed by atoms with E-state index in [4.69, 9.17) is 4.74 Å². The molecule has 6 aromatic rings. The Kier molecular flexibility index (Phi) is 17.8. The Hall–Kier alpha value is -5.73. The number of carbonyl (C=O) groups excluding carboxylic acids is 2. The molecule has 7 rings (SSSR count). The number of nitrogens with one attached hydrogen (secondary N) is 2. The molecule has 70 heavy (non-hydrogen) atoms. The quantitative estimate of drug-likeness (QED) is 0.0395. The highest BCUT2D eigenvalue weighted by molar-refractivity contribution is 7.13. The van der Waals surface area contributed by atoms with Crippen molar-refractivity contribution in [3.05, 3.63) is 119 Å². The summed E-state index contributed by atoms with van der Waals surface area (Å²) in [5.74, 6) is 0.926. The number of unbranched alkanes of at least 4 members (excludes halogenated alkanes) is 5. The van der Waals surface area contributed by atoms with Gasteiger partial charge in [0.25, 0.3) is 0 Å². The van der Waals surface area contributed by atoms with Crippen LogP contribution in [0.3, 0.4) is 0 Å². The van der Waals surface area contributed by atoms with Crippen LogP contribution in [0.15, 0.2) is 96.5 Å². The van der Waals surface area contributed by atoms with Crippen molar-refractivity contribution in [2.75, 3.05) is 39.3 Å². The smallest absolute Gasteiger partial charge is 0.243 e. The lowest BCUT2D eigenvalue weighted by Crippen LogP contribution is -2.56. The van der Waals surface area contributed by atoms with E-state index in [2.05, 4.69) is 63.2 Å². The first-order chi connectivity index (χ1) is 33.6. The van der Waals surface area contributed by atoms with Crippen LogP contribution in [0.1, 0.15) is 108 Å². The number of aliphatic hydroxyl groups excluding tert-OH is 1. The molecule has 3 heterocycles. The summed E-state index contributed by atoms with van der Waals surface area (Å²) in [4.78, 5) is 37.4. The zero-order chi connectivity index (χ0) is 50.0. The summed E-state index contributed by atoms with van der Waals surface area (Å²) in [5.41, 5.74) is 9.83. The van der Waals surface area contributed by atoms with Crippen molar-refractivity contribution in [3.8, 4) is 38.9 Å². The second kappa shape index (κ2) is 23.9. The van der Waals surface area contributed by atoms with Crippen LogP contribution in [-0.4, -0.2) is 104 Å². The molecule has 0 aliphatic carbocycles. The van der Waals surface area contributed by atoms with Crippen LogP contribution in [0.4, 0.5) is 0 Å². The number of likely N-dealkylation sites (N-methyl/N-ethyl adjacent to an activating group) is 1. The lowest BCUT2D eigenvalue weighted by molar-refractivity contribution is -0.142. The number of phenols is 2. The van der Waals surface area contributed by atoms with Crippen LogP contribution < -0.4 is 15.4 Å². The Morgan fingerprint density at radius 1 is 0.871 bits per heavy atom. The fraction of sp³-hybridized carbons (Fsp3) is 0.456. The maximum atomic E-state index is 14.2. The maximum Gasteiger partial charge on any atom is 0.243 e. The predicted molar refractivity (Wildman–Crippen MR) is 283 cm³/mol. The lowest BCUT2D eigenvalue weighted by Gasteiger charge is -2.35. The van der Waals surface area contributed by atoms with Crippen molar-refractivity contribution in [1.29, 1.82) is 0 Å². The first-order valence-electron chi connectivity index (χ1n) is 25.2. The van der Waals surface area contributed by atoms with Crippen molar-refractivity contribution >= 4 is 34.1 Å². The third-order valence-corrected chi connectivity index (χ3v) is 14.8. The summed E-state index contributed by atoms with van der Waals surface area (Å²) in [7, 11) is 0. The number of aromatic hydroxyl groups is 2. The molecule has 4 atom stereocenters. The third kappa shape index (κ3) is 13.2. The summed E-state index contributed by atoms with van der Waals surface area (Å²) in [6.45, 7) is 19.3. The SMILES string of the molecule is CCN(CCCCCCCCN[C@H](C(=O)N1C[C@H](O)C[C@H]1C(=O)N[C@@H](C)c1ccc(-c2scnc2C)cc1)C(C)(C)C)CCOc1ccc(Cn2c(-c3ccc(O)cc3)c(C)c3cc(O)ccc32)cc1. The minimum atomic E-state index is -0.749. The molecule has 2 aromatic heterocycles. The van der Waals surface area contributed by atoms with Gasteiger partial charge in [-0.2, -0.15) is 0 Å². The first-order valence-corrected chi connectivity index (χ1v) is 26.1. The highest BCUT2D eigenvalue weighted by Gasteiger charge is 2.44. The maximum absolute atomic E-state index is 14.2. The number of benzene rings is 4. The highest BCUT2D eigenvalue weighted by atomic mass is 32.1. The number of likely N-dealkylation sites (tertiary alicyclic amines) is 1. The van der Waals surface area contributed by atoms with Gasteiger partial charge in [-0.05, 0) is 141 Å². The number of fused-ring (bicyclic) bond motifs is 1. The molecule has 5 N–H and O–H groups in total. The van der Waals surface area contributed by atoms with Crippen molar-refractivity contribution < 1.29 is 29.6 Å². The second-order valence-electron chi connectivity index (χ2n) is 20.1. The molecule has 0 spiro atoms. The standard InChI is InChI=1S/C57H74N6O6S/c1-8-61(31-32-69-48-26-15-41(16-27-48)35-62-50-28-25-46(65)33-49(50)38(2)52(62)43-21-23-45(64)24-22-43)30-14-12-10-9-11-13-29-58-54(57(5,6)7)56(68)63-36-47(66)34-51(63)55(67)60-39(3)42-17-19-44(20-18-42)53-40(4)59-37-70-53/h15-28,33,37,39,47,51,54,58,64-66H,8-14,29-32,34-36H2,1-7H3,(H,60,67)/t39-,47+,51-,54+/m0/s1. The van der Waals surface area contributed by atoms with Gasteiger partial charge in [-0.1, -0.05) is 89.8 Å². The normalized spacial score (nSPS) is 16.0. The molecule has 0 unspecified atom stereocenters. The summed E-state index contributed by atoms with van der Waals surface area (Å²) >= 11 is 1.61. The van der Waals surface area contributed by atoms with Gasteiger partial charge in [-0.25, -0.2) is 4.98 Å². The number of amides is 2. The Morgan fingerprint density at radius 3 is 2.21 bits per heavy atom. The Labute approximate surface area is 418 Å². The van der Waals surface area contributed by atoms with Gasteiger partial charge in [0, 0.05) is 37.0 Å². The molecule has 12 nitrogen and oxygen atoms in total. The van der Waals surface area contributed by atoms with Crippen molar-refractivity contribution in [2.45, 2.75) is 124 Å². The van der Waals surface area contributed by atoms with E-state index in [1.807, 2.05) is 88.7 Å².